The third kappa shape index (κ3) is 5.64. The lowest BCUT2D eigenvalue weighted by Crippen LogP contribution is -2.28. The average molecular weight is 374 g/mol. The summed E-state index contributed by atoms with van der Waals surface area (Å²) in [6.07, 6.45) is 4.23. The molecule has 26 heavy (non-hydrogen) atoms. The molecule has 1 saturated heterocycles. The molecule has 0 aliphatic carbocycles. The molecule has 0 unspecified atom stereocenters. The Morgan fingerprint density at radius 1 is 1.12 bits per heavy atom. The van der Waals surface area contributed by atoms with E-state index < -0.39 is 0 Å². The molecule has 1 aromatic heterocycles. The van der Waals surface area contributed by atoms with E-state index in [0.29, 0.717) is 0 Å². The molecule has 2 aromatic rings. The summed E-state index contributed by atoms with van der Waals surface area (Å²) in [5.41, 5.74) is 2.47. The van der Waals surface area contributed by atoms with Gasteiger partial charge in [0.2, 0.25) is 0 Å². The van der Waals surface area contributed by atoms with E-state index in [2.05, 4.69) is 46.9 Å². The molecule has 1 fully saturated rings. The molecule has 4 nitrogen and oxygen atoms in total. The van der Waals surface area contributed by atoms with Crippen LogP contribution in [0.1, 0.15) is 38.0 Å². The van der Waals surface area contributed by atoms with Crippen LogP contribution < -0.4 is 20.3 Å². The van der Waals surface area contributed by atoms with Crippen molar-refractivity contribution in [2.45, 2.75) is 45.8 Å². The van der Waals surface area contributed by atoms with Crippen LogP contribution in [0.3, 0.4) is 0 Å². The van der Waals surface area contributed by atoms with Crippen LogP contribution in [-0.2, 0) is 6.54 Å². The Labute approximate surface area is 161 Å². The second-order valence-corrected chi connectivity index (χ2v) is 8.08. The number of anilines is 2. The van der Waals surface area contributed by atoms with Gasteiger partial charge in [-0.05, 0) is 51.3 Å². The summed E-state index contributed by atoms with van der Waals surface area (Å²) in [6, 6.07) is 10.5. The normalized spacial score (nSPS) is 14.7. The second kappa shape index (κ2) is 9.83. The van der Waals surface area contributed by atoms with Crippen LogP contribution in [0, 0.1) is 0 Å². The second-order valence-electron chi connectivity index (χ2n) is 7.09. The fourth-order valence-corrected chi connectivity index (χ4v) is 4.11. The highest BCUT2D eigenvalue weighted by molar-refractivity contribution is 7.10. The van der Waals surface area contributed by atoms with Crippen LogP contribution in [0.4, 0.5) is 11.4 Å². The van der Waals surface area contributed by atoms with Gasteiger partial charge in [-0.1, -0.05) is 12.1 Å². The van der Waals surface area contributed by atoms with Gasteiger partial charge in [0.1, 0.15) is 5.75 Å². The zero-order valence-electron chi connectivity index (χ0n) is 16.0. The van der Waals surface area contributed by atoms with E-state index in [-0.39, 0.29) is 6.10 Å². The molecular formula is C21H31N3OS. The van der Waals surface area contributed by atoms with Crippen LogP contribution in [0.2, 0.25) is 0 Å². The summed E-state index contributed by atoms with van der Waals surface area (Å²) >= 11 is 1.86. The lowest BCUT2D eigenvalue weighted by Gasteiger charge is -2.27. The number of hydrogen-bond donors (Lipinski definition) is 2. The number of para-hydroxylation sites is 2. The van der Waals surface area contributed by atoms with E-state index >= 15 is 0 Å². The maximum atomic E-state index is 5.85. The largest absolute Gasteiger partial charge is 0.489 e. The summed E-state index contributed by atoms with van der Waals surface area (Å²) in [5.74, 6) is 0.923. The van der Waals surface area contributed by atoms with Gasteiger partial charge in [0.05, 0.1) is 11.8 Å². The maximum Gasteiger partial charge on any atom is 0.142 e. The standard InChI is InChI=1S/C21H31N3OS/c1-17(2)25-21-9-5-4-8-20(21)23-11-10-22-15-19-14-18(16-26-19)24-12-6-3-7-13-24/h4-5,8-9,14,16-17,22-23H,3,6-7,10-13,15H2,1-2H3. The van der Waals surface area contributed by atoms with E-state index in [0.717, 1.165) is 31.1 Å². The minimum Gasteiger partial charge on any atom is -0.489 e. The molecule has 0 atom stereocenters. The van der Waals surface area contributed by atoms with Crippen molar-refractivity contribution in [3.8, 4) is 5.75 Å². The predicted octanol–water partition coefficient (Wildman–Crippen LogP) is 4.73. The van der Waals surface area contributed by atoms with Crippen molar-refractivity contribution < 1.29 is 4.74 Å². The van der Waals surface area contributed by atoms with Crippen LogP contribution in [-0.4, -0.2) is 32.3 Å². The third-order valence-corrected chi connectivity index (χ3v) is 5.45. The van der Waals surface area contributed by atoms with Crippen molar-refractivity contribution in [2.24, 2.45) is 0 Å². The minimum absolute atomic E-state index is 0.184. The highest BCUT2D eigenvalue weighted by Gasteiger charge is 2.12. The molecule has 1 aliphatic heterocycles. The Kier molecular flexibility index (Phi) is 7.21. The molecule has 1 aliphatic rings. The summed E-state index contributed by atoms with van der Waals surface area (Å²) in [6.45, 7) is 9.27. The Hall–Kier alpha value is -1.72. The van der Waals surface area contributed by atoms with Gasteiger partial charge in [0.15, 0.2) is 0 Å². The summed E-state index contributed by atoms with van der Waals surface area (Å²) in [4.78, 5) is 3.94. The topological polar surface area (TPSA) is 36.5 Å². The highest BCUT2D eigenvalue weighted by atomic mass is 32.1. The van der Waals surface area contributed by atoms with Gasteiger partial charge < -0.3 is 20.3 Å². The van der Waals surface area contributed by atoms with Gasteiger partial charge >= 0.3 is 0 Å². The molecule has 2 heterocycles. The maximum absolute atomic E-state index is 5.85. The van der Waals surface area contributed by atoms with Gasteiger partial charge in [-0.15, -0.1) is 11.3 Å². The molecule has 2 N–H and O–H groups in total. The number of ether oxygens (including phenoxy) is 1. The number of rotatable bonds is 9. The zero-order valence-corrected chi connectivity index (χ0v) is 16.8. The summed E-state index contributed by atoms with van der Waals surface area (Å²) in [7, 11) is 0. The SMILES string of the molecule is CC(C)Oc1ccccc1NCCNCc1cc(N2CCCCC2)cs1. The van der Waals surface area contributed by atoms with Crippen molar-refractivity contribution in [1.29, 1.82) is 0 Å². The number of hydrogen-bond acceptors (Lipinski definition) is 5. The summed E-state index contributed by atoms with van der Waals surface area (Å²) in [5, 5.41) is 9.31. The molecule has 5 heteroatoms. The number of nitrogens with one attached hydrogen (secondary N) is 2. The Balaban J connectivity index is 1.39. The van der Waals surface area contributed by atoms with E-state index in [1.165, 1.54) is 42.9 Å². The first kappa shape index (κ1) is 19.1. The molecule has 0 spiro atoms. The van der Waals surface area contributed by atoms with Crippen LogP contribution in [0.15, 0.2) is 35.7 Å². The molecule has 0 saturated carbocycles. The van der Waals surface area contributed by atoms with E-state index in [1.54, 1.807) is 0 Å². The predicted molar refractivity (Wildman–Crippen MR) is 113 cm³/mol. The lowest BCUT2D eigenvalue weighted by molar-refractivity contribution is 0.243. The monoisotopic (exact) mass is 373 g/mol. The van der Waals surface area contributed by atoms with Crippen molar-refractivity contribution in [3.05, 3.63) is 40.6 Å². The average Bonchev–Trinajstić information content (AvgIpc) is 3.12. The first-order chi connectivity index (χ1) is 12.7. The van der Waals surface area contributed by atoms with Gasteiger partial charge in [-0.2, -0.15) is 0 Å². The first-order valence-electron chi connectivity index (χ1n) is 9.75. The van der Waals surface area contributed by atoms with Crippen LogP contribution in [0.5, 0.6) is 5.75 Å². The third-order valence-electron chi connectivity index (χ3n) is 4.53. The van der Waals surface area contributed by atoms with Crippen LogP contribution in [0.25, 0.3) is 0 Å². The Bertz CT molecular complexity index is 665. The smallest absolute Gasteiger partial charge is 0.142 e. The van der Waals surface area contributed by atoms with Crippen molar-refractivity contribution in [2.75, 3.05) is 36.4 Å². The van der Waals surface area contributed by atoms with E-state index in [9.17, 15) is 0 Å². The molecule has 0 radical (unpaired) electrons. The number of nitrogens with zero attached hydrogens (tertiary/aromatic N) is 1. The quantitative estimate of drug-likeness (QED) is 0.623. The van der Waals surface area contributed by atoms with Gasteiger partial charge in [-0.25, -0.2) is 0 Å². The number of benzene rings is 1. The minimum atomic E-state index is 0.184. The van der Waals surface area contributed by atoms with Crippen LogP contribution >= 0.6 is 11.3 Å². The zero-order chi connectivity index (χ0) is 18.2. The highest BCUT2D eigenvalue weighted by Crippen LogP contribution is 2.26. The van der Waals surface area contributed by atoms with Crippen molar-refractivity contribution >= 4 is 22.7 Å². The van der Waals surface area contributed by atoms with Gasteiger partial charge in [0.25, 0.3) is 0 Å². The van der Waals surface area contributed by atoms with E-state index in [4.69, 9.17) is 4.74 Å². The van der Waals surface area contributed by atoms with Gasteiger partial charge in [0, 0.05) is 48.7 Å². The molecule has 3 rings (SSSR count). The number of thiophene rings is 1. The fourth-order valence-electron chi connectivity index (χ4n) is 3.25. The molecule has 0 amide bonds. The Morgan fingerprint density at radius 3 is 2.73 bits per heavy atom. The number of piperidine rings is 1. The fraction of sp³-hybridized carbons (Fsp3) is 0.524. The molecular weight excluding hydrogens is 342 g/mol. The Morgan fingerprint density at radius 2 is 1.92 bits per heavy atom. The summed E-state index contributed by atoms with van der Waals surface area (Å²) < 4.78 is 5.85. The van der Waals surface area contributed by atoms with Crippen molar-refractivity contribution in [3.63, 3.8) is 0 Å². The van der Waals surface area contributed by atoms with Crippen molar-refractivity contribution in [1.82, 2.24) is 5.32 Å². The lowest BCUT2D eigenvalue weighted by atomic mass is 10.1. The molecule has 1 aromatic carbocycles. The van der Waals surface area contributed by atoms with Gasteiger partial charge in [-0.3, -0.25) is 0 Å². The molecule has 142 valence electrons. The molecule has 0 bridgehead atoms. The first-order valence-corrected chi connectivity index (χ1v) is 10.6. The van der Waals surface area contributed by atoms with E-state index in [1.807, 2.05) is 29.5 Å².